The van der Waals surface area contributed by atoms with Crippen molar-refractivity contribution < 1.29 is 9.53 Å². The van der Waals surface area contributed by atoms with Crippen LogP contribution in [0.4, 0.5) is 0 Å². The predicted octanol–water partition coefficient (Wildman–Crippen LogP) is 2.57. The molecule has 1 amide bonds. The van der Waals surface area contributed by atoms with Gasteiger partial charge in [-0.1, -0.05) is 17.7 Å². The largest absolute Gasteiger partial charge is 0.495 e. The van der Waals surface area contributed by atoms with Crippen molar-refractivity contribution in [3.8, 4) is 5.75 Å². The molecule has 4 nitrogen and oxygen atoms in total. The van der Waals surface area contributed by atoms with Crippen LogP contribution in [0, 0.1) is 0 Å². The van der Waals surface area contributed by atoms with Crippen LogP contribution in [0.15, 0.2) is 18.2 Å². The van der Waals surface area contributed by atoms with Crippen LogP contribution in [0.5, 0.6) is 5.75 Å². The number of halogens is 1. The van der Waals surface area contributed by atoms with Crippen molar-refractivity contribution in [3.63, 3.8) is 0 Å². The molecular formula is C15H21ClN2O2. The monoisotopic (exact) mass is 296 g/mol. The molecule has 0 aliphatic carbocycles. The van der Waals surface area contributed by atoms with Crippen LogP contribution < -0.4 is 4.74 Å². The van der Waals surface area contributed by atoms with Crippen molar-refractivity contribution in [1.82, 2.24) is 9.80 Å². The molecule has 1 heterocycles. The summed E-state index contributed by atoms with van der Waals surface area (Å²) in [5, 5.41) is 0.638. The van der Waals surface area contributed by atoms with E-state index >= 15 is 0 Å². The van der Waals surface area contributed by atoms with Gasteiger partial charge >= 0.3 is 0 Å². The number of methoxy groups -OCH3 is 1. The number of piperazine rings is 1. The minimum absolute atomic E-state index is 0.157. The molecule has 1 aliphatic rings. The van der Waals surface area contributed by atoms with Crippen LogP contribution in [0.1, 0.15) is 25.5 Å². The first-order valence-electron chi connectivity index (χ1n) is 6.86. The van der Waals surface area contributed by atoms with Crippen molar-refractivity contribution in [3.05, 3.63) is 28.8 Å². The molecule has 0 saturated carbocycles. The lowest BCUT2D eigenvalue weighted by molar-refractivity contribution is -0.130. The molecule has 0 radical (unpaired) electrons. The Morgan fingerprint density at radius 1 is 1.30 bits per heavy atom. The van der Waals surface area contributed by atoms with Gasteiger partial charge in [-0.3, -0.25) is 9.69 Å². The zero-order valence-electron chi connectivity index (χ0n) is 12.2. The van der Waals surface area contributed by atoms with E-state index < -0.39 is 0 Å². The highest BCUT2D eigenvalue weighted by Gasteiger charge is 2.23. The standard InChI is InChI=1S/C15H21ClN2O2/c1-11(13-4-5-15(20-3)14(16)10-13)17-6-8-18(9-7-17)12(2)19/h4-5,10-11H,6-9H2,1-3H3/t11-/m1/s1. The molecule has 0 spiro atoms. The van der Waals surface area contributed by atoms with E-state index in [9.17, 15) is 4.79 Å². The van der Waals surface area contributed by atoms with Crippen molar-refractivity contribution in [2.75, 3.05) is 33.3 Å². The van der Waals surface area contributed by atoms with Gasteiger partial charge in [0.15, 0.2) is 0 Å². The van der Waals surface area contributed by atoms with Gasteiger partial charge in [0, 0.05) is 39.1 Å². The second kappa shape index (κ2) is 6.46. The summed E-state index contributed by atoms with van der Waals surface area (Å²) in [6.07, 6.45) is 0. The van der Waals surface area contributed by atoms with Gasteiger partial charge in [-0.05, 0) is 24.6 Å². The van der Waals surface area contributed by atoms with Crippen LogP contribution in [0.2, 0.25) is 5.02 Å². The molecule has 0 unspecified atom stereocenters. The third-order valence-corrected chi connectivity index (χ3v) is 4.26. The fourth-order valence-corrected chi connectivity index (χ4v) is 2.84. The first kappa shape index (κ1) is 15.1. The first-order chi connectivity index (χ1) is 9.52. The minimum atomic E-state index is 0.157. The van der Waals surface area contributed by atoms with Gasteiger partial charge in [0.25, 0.3) is 0 Å². The Morgan fingerprint density at radius 3 is 2.45 bits per heavy atom. The number of hydrogen-bond acceptors (Lipinski definition) is 3. The Balaban J connectivity index is 2.03. The van der Waals surface area contributed by atoms with Crippen LogP contribution in [0.3, 0.4) is 0 Å². The number of carbonyl (C=O) groups excluding carboxylic acids is 1. The molecule has 0 N–H and O–H groups in total. The normalized spacial score (nSPS) is 17.9. The number of ether oxygens (including phenoxy) is 1. The molecule has 1 aromatic carbocycles. The average Bonchev–Trinajstić information content (AvgIpc) is 2.46. The Morgan fingerprint density at radius 2 is 1.95 bits per heavy atom. The van der Waals surface area contributed by atoms with Crippen molar-refractivity contribution in [2.45, 2.75) is 19.9 Å². The molecule has 1 aliphatic heterocycles. The van der Waals surface area contributed by atoms with E-state index in [-0.39, 0.29) is 11.9 Å². The molecule has 5 heteroatoms. The first-order valence-corrected chi connectivity index (χ1v) is 7.23. The highest BCUT2D eigenvalue weighted by atomic mass is 35.5. The van der Waals surface area contributed by atoms with Gasteiger partial charge in [-0.2, -0.15) is 0 Å². The fraction of sp³-hybridized carbons (Fsp3) is 0.533. The van der Waals surface area contributed by atoms with Crippen molar-refractivity contribution >= 4 is 17.5 Å². The summed E-state index contributed by atoms with van der Waals surface area (Å²) in [7, 11) is 1.62. The molecule has 1 saturated heterocycles. The minimum Gasteiger partial charge on any atom is -0.495 e. The Hall–Kier alpha value is -1.26. The number of amides is 1. The summed E-state index contributed by atoms with van der Waals surface area (Å²) in [6, 6.07) is 6.20. The lowest BCUT2D eigenvalue weighted by atomic mass is 10.1. The number of benzene rings is 1. The van der Waals surface area contributed by atoms with Crippen molar-refractivity contribution in [2.24, 2.45) is 0 Å². The van der Waals surface area contributed by atoms with Gasteiger partial charge in [-0.15, -0.1) is 0 Å². The summed E-state index contributed by atoms with van der Waals surface area (Å²) < 4.78 is 5.18. The van der Waals surface area contributed by atoms with Gasteiger partial charge in [0.1, 0.15) is 5.75 Å². The SMILES string of the molecule is COc1ccc([C@@H](C)N2CCN(C(C)=O)CC2)cc1Cl. The zero-order valence-corrected chi connectivity index (χ0v) is 13.0. The smallest absolute Gasteiger partial charge is 0.219 e. The number of hydrogen-bond donors (Lipinski definition) is 0. The van der Waals surface area contributed by atoms with E-state index in [4.69, 9.17) is 16.3 Å². The van der Waals surface area contributed by atoms with Gasteiger partial charge in [0.2, 0.25) is 5.91 Å². The topological polar surface area (TPSA) is 32.8 Å². The molecule has 0 bridgehead atoms. The Kier molecular flexibility index (Phi) is 4.89. The van der Waals surface area contributed by atoms with Crippen LogP contribution >= 0.6 is 11.6 Å². The van der Waals surface area contributed by atoms with E-state index in [2.05, 4.69) is 11.8 Å². The van der Waals surface area contributed by atoms with E-state index in [1.54, 1.807) is 14.0 Å². The molecule has 1 atom stereocenters. The van der Waals surface area contributed by atoms with Crippen LogP contribution in [-0.2, 0) is 4.79 Å². The average molecular weight is 297 g/mol. The molecular weight excluding hydrogens is 276 g/mol. The number of nitrogens with zero attached hydrogens (tertiary/aromatic N) is 2. The highest BCUT2D eigenvalue weighted by Crippen LogP contribution is 2.30. The van der Waals surface area contributed by atoms with Gasteiger partial charge in [0.05, 0.1) is 12.1 Å². The highest BCUT2D eigenvalue weighted by molar-refractivity contribution is 6.32. The maximum absolute atomic E-state index is 11.3. The summed E-state index contributed by atoms with van der Waals surface area (Å²) in [5.74, 6) is 0.855. The second-order valence-corrected chi connectivity index (χ2v) is 5.52. The summed E-state index contributed by atoms with van der Waals surface area (Å²) >= 11 is 6.18. The second-order valence-electron chi connectivity index (χ2n) is 5.11. The lowest BCUT2D eigenvalue weighted by Crippen LogP contribution is -2.48. The molecule has 1 fully saturated rings. The fourth-order valence-electron chi connectivity index (χ4n) is 2.58. The molecule has 0 aromatic heterocycles. The maximum atomic E-state index is 11.3. The third-order valence-electron chi connectivity index (χ3n) is 3.97. The molecule has 20 heavy (non-hydrogen) atoms. The predicted molar refractivity (Wildman–Crippen MR) is 80.2 cm³/mol. The van der Waals surface area contributed by atoms with Gasteiger partial charge < -0.3 is 9.64 Å². The maximum Gasteiger partial charge on any atom is 0.219 e. The quantitative estimate of drug-likeness (QED) is 0.859. The third kappa shape index (κ3) is 3.25. The zero-order chi connectivity index (χ0) is 14.7. The van der Waals surface area contributed by atoms with E-state index in [0.29, 0.717) is 10.8 Å². The number of carbonyl (C=O) groups is 1. The Bertz CT molecular complexity index is 485. The van der Waals surface area contributed by atoms with E-state index in [1.807, 2.05) is 23.1 Å². The summed E-state index contributed by atoms with van der Waals surface area (Å²) in [4.78, 5) is 15.6. The van der Waals surface area contributed by atoms with Crippen LogP contribution in [0.25, 0.3) is 0 Å². The Labute approximate surface area is 125 Å². The molecule has 110 valence electrons. The number of rotatable bonds is 3. The van der Waals surface area contributed by atoms with Crippen molar-refractivity contribution in [1.29, 1.82) is 0 Å². The van der Waals surface area contributed by atoms with Gasteiger partial charge in [-0.25, -0.2) is 0 Å². The van der Waals surface area contributed by atoms with Crippen LogP contribution in [-0.4, -0.2) is 49.0 Å². The summed E-state index contributed by atoms with van der Waals surface area (Å²) in [5.41, 5.74) is 1.17. The molecule has 1 aromatic rings. The van der Waals surface area contributed by atoms with E-state index in [1.165, 1.54) is 5.56 Å². The summed E-state index contributed by atoms with van der Waals surface area (Å²) in [6.45, 7) is 7.17. The van der Waals surface area contributed by atoms with E-state index in [0.717, 1.165) is 26.2 Å². The molecule has 2 rings (SSSR count). The lowest BCUT2D eigenvalue weighted by Gasteiger charge is -2.38.